The number of hydrogen-bond acceptors (Lipinski definition) is 2. The van der Waals surface area contributed by atoms with E-state index in [1.165, 1.54) is 37.8 Å². The lowest BCUT2D eigenvalue weighted by Crippen LogP contribution is -2.56. The van der Waals surface area contributed by atoms with Gasteiger partial charge in [-0.15, -0.1) is 0 Å². The van der Waals surface area contributed by atoms with Crippen LogP contribution in [0, 0.1) is 5.92 Å². The molecular formula is C18H28N2. The van der Waals surface area contributed by atoms with Crippen LogP contribution in [0.5, 0.6) is 0 Å². The third kappa shape index (κ3) is 2.91. The molecule has 1 heterocycles. The second kappa shape index (κ2) is 6.28. The van der Waals surface area contributed by atoms with Crippen LogP contribution in [0.1, 0.15) is 51.1 Å². The number of nitrogens with one attached hydrogen (secondary N) is 1. The zero-order chi connectivity index (χ0) is 13.9. The Morgan fingerprint density at radius 2 is 1.80 bits per heavy atom. The topological polar surface area (TPSA) is 15.3 Å². The quantitative estimate of drug-likeness (QED) is 0.885. The molecule has 2 fully saturated rings. The van der Waals surface area contributed by atoms with Gasteiger partial charge in [0.15, 0.2) is 0 Å². The molecule has 4 atom stereocenters. The molecule has 1 saturated heterocycles. The molecule has 4 unspecified atom stereocenters. The van der Waals surface area contributed by atoms with Crippen molar-refractivity contribution in [2.45, 2.75) is 57.7 Å². The number of hydrogen-bond donors (Lipinski definition) is 1. The Morgan fingerprint density at radius 3 is 2.55 bits per heavy atom. The second-order valence-corrected chi connectivity index (χ2v) is 6.76. The van der Waals surface area contributed by atoms with Crippen molar-refractivity contribution >= 4 is 0 Å². The molecule has 0 bridgehead atoms. The van der Waals surface area contributed by atoms with Crippen molar-refractivity contribution in [3.63, 3.8) is 0 Å². The van der Waals surface area contributed by atoms with Crippen LogP contribution in [0.2, 0.25) is 0 Å². The van der Waals surface area contributed by atoms with Crippen LogP contribution in [0.4, 0.5) is 0 Å². The van der Waals surface area contributed by atoms with Crippen LogP contribution in [0.3, 0.4) is 0 Å². The number of nitrogens with zero attached hydrogens (tertiary/aromatic N) is 1. The first-order valence-corrected chi connectivity index (χ1v) is 8.30. The molecule has 0 amide bonds. The summed E-state index contributed by atoms with van der Waals surface area (Å²) in [4.78, 5) is 2.81. The molecular weight excluding hydrogens is 244 g/mol. The Morgan fingerprint density at radius 1 is 1.05 bits per heavy atom. The van der Waals surface area contributed by atoms with E-state index in [4.69, 9.17) is 0 Å². The molecule has 2 nitrogen and oxygen atoms in total. The minimum Gasteiger partial charge on any atom is -0.311 e. The van der Waals surface area contributed by atoms with Crippen LogP contribution in [0.15, 0.2) is 30.3 Å². The van der Waals surface area contributed by atoms with Gasteiger partial charge in [0.2, 0.25) is 0 Å². The highest BCUT2D eigenvalue weighted by Crippen LogP contribution is 2.34. The fraction of sp³-hybridized carbons (Fsp3) is 0.667. The van der Waals surface area contributed by atoms with Crippen LogP contribution in [-0.4, -0.2) is 30.1 Å². The van der Waals surface area contributed by atoms with Crippen LogP contribution >= 0.6 is 0 Å². The Kier molecular flexibility index (Phi) is 4.42. The predicted octanol–water partition coefficient (Wildman–Crippen LogP) is 3.60. The molecule has 1 aromatic carbocycles. The lowest BCUT2D eigenvalue weighted by molar-refractivity contribution is 0.0373. The molecule has 1 N–H and O–H groups in total. The van der Waals surface area contributed by atoms with Gasteiger partial charge in [0, 0.05) is 31.2 Å². The van der Waals surface area contributed by atoms with E-state index in [-0.39, 0.29) is 0 Å². The fourth-order valence-corrected chi connectivity index (χ4v) is 4.08. The Labute approximate surface area is 123 Å². The van der Waals surface area contributed by atoms with Gasteiger partial charge in [-0.3, -0.25) is 4.90 Å². The van der Waals surface area contributed by atoms with Gasteiger partial charge >= 0.3 is 0 Å². The molecule has 20 heavy (non-hydrogen) atoms. The average molecular weight is 272 g/mol. The highest BCUT2D eigenvalue weighted by molar-refractivity contribution is 5.20. The van der Waals surface area contributed by atoms with Crippen molar-refractivity contribution in [3.8, 4) is 0 Å². The van der Waals surface area contributed by atoms with Crippen LogP contribution < -0.4 is 5.32 Å². The van der Waals surface area contributed by atoms with E-state index in [9.17, 15) is 0 Å². The lowest BCUT2D eigenvalue weighted by atomic mass is 9.83. The van der Waals surface area contributed by atoms with Crippen molar-refractivity contribution in [1.29, 1.82) is 0 Å². The highest BCUT2D eigenvalue weighted by Gasteiger charge is 2.35. The number of rotatable bonds is 2. The Bertz CT molecular complexity index is 417. The highest BCUT2D eigenvalue weighted by atomic mass is 15.3. The third-order valence-electron chi connectivity index (χ3n) is 5.22. The van der Waals surface area contributed by atoms with E-state index in [0.29, 0.717) is 12.1 Å². The van der Waals surface area contributed by atoms with E-state index in [0.717, 1.165) is 18.5 Å². The molecule has 1 aliphatic carbocycles. The van der Waals surface area contributed by atoms with Crippen molar-refractivity contribution in [1.82, 2.24) is 10.2 Å². The summed E-state index contributed by atoms with van der Waals surface area (Å²) in [6.45, 7) is 7.06. The first-order valence-electron chi connectivity index (χ1n) is 8.30. The molecule has 0 spiro atoms. The lowest BCUT2D eigenvalue weighted by Gasteiger charge is -2.47. The molecule has 1 aromatic rings. The van der Waals surface area contributed by atoms with Crippen molar-refractivity contribution in [2.24, 2.45) is 5.92 Å². The normalized spacial score (nSPS) is 35.9. The molecule has 2 aliphatic rings. The van der Waals surface area contributed by atoms with Gasteiger partial charge in [0.25, 0.3) is 0 Å². The van der Waals surface area contributed by atoms with Crippen molar-refractivity contribution in [3.05, 3.63) is 35.9 Å². The summed E-state index contributed by atoms with van der Waals surface area (Å²) in [6.07, 6.45) is 5.63. The first-order chi connectivity index (χ1) is 9.75. The van der Waals surface area contributed by atoms with Gasteiger partial charge in [-0.1, -0.05) is 50.1 Å². The van der Waals surface area contributed by atoms with E-state index < -0.39 is 0 Å². The maximum absolute atomic E-state index is 3.67. The summed E-state index contributed by atoms with van der Waals surface area (Å²) in [6, 6.07) is 13.0. The zero-order valence-electron chi connectivity index (χ0n) is 12.9. The summed E-state index contributed by atoms with van der Waals surface area (Å²) >= 11 is 0. The average Bonchev–Trinajstić information content (AvgIpc) is 2.48. The summed E-state index contributed by atoms with van der Waals surface area (Å²) in [5.41, 5.74) is 1.48. The van der Waals surface area contributed by atoms with Gasteiger partial charge in [-0.2, -0.15) is 0 Å². The van der Waals surface area contributed by atoms with Gasteiger partial charge in [0.1, 0.15) is 0 Å². The SMILES string of the molecule is CC1CN(C2CCCCC2C)C(c2ccccc2)CN1. The maximum atomic E-state index is 3.67. The smallest absolute Gasteiger partial charge is 0.0476 e. The monoisotopic (exact) mass is 272 g/mol. The van der Waals surface area contributed by atoms with Gasteiger partial charge in [-0.05, 0) is 31.2 Å². The minimum absolute atomic E-state index is 0.554. The molecule has 110 valence electrons. The first kappa shape index (κ1) is 14.1. The second-order valence-electron chi connectivity index (χ2n) is 6.76. The van der Waals surface area contributed by atoms with Gasteiger partial charge in [-0.25, -0.2) is 0 Å². The Hall–Kier alpha value is -0.860. The number of benzene rings is 1. The largest absolute Gasteiger partial charge is 0.311 e. The summed E-state index contributed by atoms with van der Waals surface area (Å²) in [7, 11) is 0. The summed E-state index contributed by atoms with van der Waals surface area (Å²) in [5, 5.41) is 3.67. The van der Waals surface area contributed by atoms with E-state index in [2.05, 4.69) is 54.4 Å². The van der Waals surface area contributed by atoms with Crippen LogP contribution in [-0.2, 0) is 0 Å². The summed E-state index contributed by atoms with van der Waals surface area (Å²) < 4.78 is 0. The van der Waals surface area contributed by atoms with Crippen molar-refractivity contribution in [2.75, 3.05) is 13.1 Å². The molecule has 1 saturated carbocycles. The maximum Gasteiger partial charge on any atom is 0.0476 e. The molecule has 1 aliphatic heterocycles. The van der Waals surface area contributed by atoms with Gasteiger partial charge < -0.3 is 5.32 Å². The van der Waals surface area contributed by atoms with Gasteiger partial charge in [0.05, 0.1) is 0 Å². The summed E-state index contributed by atoms with van der Waals surface area (Å²) in [5.74, 6) is 0.847. The minimum atomic E-state index is 0.554. The van der Waals surface area contributed by atoms with Crippen molar-refractivity contribution < 1.29 is 0 Å². The zero-order valence-corrected chi connectivity index (χ0v) is 12.9. The fourth-order valence-electron chi connectivity index (χ4n) is 4.08. The molecule has 0 aromatic heterocycles. The third-order valence-corrected chi connectivity index (χ3v) is 5.22. The molecule has 3 rings (SSSR count). The van der Waals surface area contributed by atoms with E-state index in [1.54, 1.807) is 0 Å². The molecule has 0 radical (unpaired) electrons. The number of piperazine rings is 1. The Balaban J connectivity index is 1.83. The molecule has 2 heteroatoms. The predicted molar refractivity (Wildman–Crippen MR) is 84.8 cm³/mol. The van der Waals surface area contributed by atoms with E-state index in [1.807, 2.05) is 0 Å². The van der Waals surface area contributed by atoms with Crippen LogP contribution in [0.25, 0.3) is 0 Å². The standard InChI is InChI=1S/C18H28N2/c1-14-8-6-7-11-17(14)20-13-15(2)19-12-18(20)16-9-4-3-5-10-16/h3-5,9-10,14-15,17-19H,6-8,11-13H2,1-2H3. The van der Waals surface area contributed by atoms with E-state index >= 15 is 0 Å².